The molecule has 0 radical (unpaired) electrons. The van der Waals surface area contributed by atoms with Crippen LogP contribution in [0.15, 0.2) is 24.3 Å². The van der Waals surface area contributed by atoms with E-state index >= 15 is 0 Å². The van der Waals surface area contributed by atoms with Crippen LogP contribution in [0.3, 0.4) is 0 Å². The van der Waals surface area contributed by atoms with Crippen molar-refractivity contribution in [2.45, 2.75) is 51.0 Å². The van der Waals surface area contributed by atoms with Gasteiger partial charge in [0.15, 0.2) is 0 Å². The number of fused-ring (bicyclic) bond motifs is 2. The van der Waals surface area contributed by atoms with Crippen molar-refractivity contribution in [3.63, 3.8) is 0 Å². The number of hydrogen-bond acceptors (Lipinski definition) is 4. The Morgan fingerprint density at radius 2 is 2.15 bits per heavy atom. The number of aryl methyl sites for hydroxylation is 1. The van der Waals surface area contributed by atoms with Gasteiger partial charge in [-0.15, -0.1) is 0 Å². The summed E-state index contributed by atoms with van der Waals surface area (Å²) in [6.07, 6.45) is 1.53. The Balaban J connectivity index is 1.88. The van der Waals surface area contributed by atoms with E-state index in [1.54, 1.807) is 0 Å². The van der Waals surface area contributed by atoms with E-state index in [0.717, 1.165) is 12.8 Å². The zero-order chi connectivity index (χ0) is 14.4. The van der Waals surface area contributed by atoms with Gasteiger partial charge in [0.1, 0.15) is 0 Å². The fourth-order valence-corrected chi connectivity index (χ4v) is 3.44. The van der Waals surface area contributed by atoms with Gasteiger partial charge in [-0.05, 0) is 37.8 Å². The molecule has 108 valence electrons. The predicted molar refractivity (Wildman–Crippen MR) is 75.2 cm³/mol. The van der Waals surface area contributed by atoms with E-state index < -0.39 is 11.8 Å². The zero-order valence-electron chi connectivity index (χ0n) is 12.2. The molecule has 2 aliphatic rings. The second-order valence-corrected chi connectivity index (χ2v) is 6.34. The highest BCUT2D eigenvalue weighted by molar-refractivity contribution is 5.66. The summed E-state index contributed by atoms with van der Waals surface area (Å²) in [6.45, 7) is 5.98. The smallest absolute Gasteiger partial charge is 0.305 e. The molecule has 1 aliphatic heterocycles. The van der Waals surface area contributed by atoms with Crippen LogP contribution >= 0.6 is 0 Å². The Morgan fingerprint density at radius 1 is 1.40 bits per heavy atom. The van der Waals surface area contributed by atoms with Crippen molar-refractivity contribution in [1.29, 1.82) is 0 Å². The van der Waals surface area contributed by atoms with Gasteiger partial charge in [-0.25, -0.2) is 0 Å². The van der Waals surface area contributed by atoms with Gasteiger partial charge >= 0.3 is 5.97 Å². The minimum atomic E-state index is -0.543. The molecule has 0 aromatic heterocycles. The minimum Gasteiger partial charge on any atom is -0.434 e. The van der Waals surface area contributed by atoms with Gasteiger partial charge in [0.25, 0.3) is 0 Å². The molecule has 1 heterocycles. The molecule has 2 atom stereocenters. The molecular formula is C16H21NO3. The lowest BCUT2D eigenvalue weighted by Crippen LogP contribution is -2.66. The minimum absolute atomic E-state index is 0.156. The summed E-state index contributed by atoms with van der Waals surface area (Å²) in [5.74, 6) is -0.312. The molecule has 1 spiro atoms. The predicted octanol–water partition coefficient (Wildman–Crippen LogP) is 2.12. The van der Waals surface area contributed by atoms with Crippen molar-refractivity contribution in [3.05, 3.63) is 35.4 Å². The van der Waals surface area contributed by atoms with Crippen molar-refractivity contribution < 1.29 is 14.3 Å². The fourth-order valence-electron chi connectivity index (χ4n) is 3.44. The summed E-state index contributed by atoms with van der Waals surface area (Å²) >= 11 is 0. The SMILES string of the molecule is CC(=O)O[C@H]1OC[C@]2(CCc3ccccc32)NC1(C)C. The van der Waals surface area contributed by atoms with Crippen molar-refractivity contribution in [2.75, 3.05) is 6.61 Å². The molecule has 4 heteroatoms. The topological polar surface area (TPSA) is 47.6 Å². The number of ether oxygens (including phenoxy) is 2. The second-order valence-electron chi connectivity index (χ2n) is 6.34. The summed E-state index contributed by atoms with van der Waals surface area (Å²) in [4.78, 5) is 11.2. The Morgan fingerprint density at radius 3 is 2.85 bits per heavy atom. The maximum absolute atomic E-state index is 11.2. The van der Waals surface area contributed by atoms with Gasteiger partial charge in [0.05, 0.1) is 17.7 Å². The van der Waals surface area contributed by atoms with Gasteiger partial charge in [-0.1, -0.05) is 24.3 Å². The van der Waals surface area contributed by atoms with Crippen LogP contribution in [0.5, 0.6) is 0 Å². The fraction of sp³-hybridized carbons (Fsp3) is 0.562. The van der Waals surface area contributed by atoms with E-state index in [2.05, 4.69) is 29.6 Å². The first-order chi connectivity index (χ1) is 9.43. The molecule has 1 N–H and O–H groups in total. The lowest BCUT2D eigenvalue weighted by molar-refractivity contribution is -0.223. The Hall–Kier alpha value is -1.39. The number of carbonyl (C=O) groups is 1. The van der Waals surface area contributed by atoms with Crippen LogP contribution in [0.1, 0.15) is 38.3 Å². The third-order valence-electron chi connectivity index (χ3n) is 4.26. The van der Waals surface area contributed by atoms with Crippen LogP contribution in [0.4, 0.5) is 0 Å². The number of rotatable bonds is 1. The van der Waals surface area contributed by atoms with Crippen LogP contribution in [0.2, 0.25) is 0 Å². The van der Waals surface area contributed by atoms with Crippen molar-refractivity contribution in [1.82, 2.24) is 5.32 Å². The molecule has 1 fully saturated rings. The lowest BCUT2D eigenvalue weighted by atomic mass is 9.86. The maximum atomic E-state index is 11.2. The third kappa shape index (κ3) is 2.13. The van der Waals surface area contributed by atoms with Crippen LogP contribution in [0, 0.1) is 0 Å². The second kappa shape index (κ2) is 4.57. The molecule has 0 bridgehead atoms. The van der Waals surface area contributed by atoms with Gasteiger partial charge in [-0.2, -0.15) is 0 Å². The van der Waals surface area contributed by atoms with E-state index in [1.165, 1.54) is 18.1 Å². The summed E-state index contributed by atoms with van der Waals surface area (Å²) in [5.41, 5.74) is 2.12. The van der Waals surface area contributed by atoms with Gasteiger partial charge in [-0.3, -0.25) is 10.1 Å². The van der Waals surface area contributed by atoms with Crippen molar-refractivity contribution in [3.8, 4) is 0 Å². The van der Waals surface area contributed by atoms with Crippen molar-refractivity contribution >= 4 is 5.97 Å². The molecule has 1 saturated heterocycles. The van der Waals surface area contributed by atoms with Crippen LogP contribution < -0.4 is 5.32 Å². The highest BCUT2D eigenvalue weighted by atomic mass is 16.7. The van der Waals surface area contributed by atoms with E-state index in [0.29, 0.717) is 6.61 Å². The Kier molecular flexibility index (Phi) is 3.10. The number of nitrogens with one attached hydrogen (secondary N) is 1. The molecule has 0 unspecified atom stereocenters. The number of hydrogen-bond donors (Lipinski definition) is 1. The number of carbonyl (C=O) groups excluding carboxylic acids is 1. The summed E-state index contributed by atoms with van der Waals surface area (Å²) < 4.78 is 11.2. The average Bonchev–Trinajstić information content (AvgIpc) is 2.72. The standard InChI is InChI=1S/C16H21NO3/c1-11(18)20-14-15(2,3)17-16(10-19-14)9-8-12-6-4-5-7-13(12)16/h4-7,14,17H,8-10H2,1-3H3/t14-,16+/m1/s1. The first-order valence-corrected chi connectivity index (χ1v) is 7.10. The van der Waals surface area contributed by atoms with E-state index in [4.69, 9.17) is 9.47 Å². The molecule has 1 aliphatic carbocycles. The van der Waals surface area contributed by atoms with Gasteiger partial charge < -0.3 is 9.47 Å². The van der Waals surface area contributed by atoms with E-state index in [9.17, 15) is 4.79 Å². The molecule has 20 heavy (non-hydrogen) atoms. The molecular weight excluding hydrogens is 254 g/mol. The number of esters is 1. The van der Waals surface area contributed by atoms with E-state index in [-0.39, 0.29) is 11.5 Å². The first-order valence-electron chi connectivity index (χ1n) is 7.10. The van der Waals surface area contributed by atoms with Gasteiger partial charge in [0.2, 0.25) is 6.29 Å². The Bertz CT molecular complexity index is 540. The largest absolute Gasteiger partial charge is 0.434 e. The summed E-state index contributed by atoms with van der Waals surface area (Å²) in [6, 6.07) is 8.49. The summed E-state index contributed by atoms with van der Waals surface area (Å²) in [7, 11) is 0. The number of morpholine rings is 1. The first kappa shape index (κ1) is 13.6. The van der Waals surface area contributed by atoms with Gasteiger partial charge in [0, 0.05) is 6.92 Å². The molecule has 3 rings (SSSR count). The van der Waals surface area contributed by atoms with E-state index in [1.807, 2.05) is 13.8 Å². The molecule has 4 nitrogen and oxygen atoms in total. The Labute approximate surface area is 119 Å². The zero-order valence-corrected chi connectivity index (χ0v) is 12.2. The molecule has 0 amide bonds. The molecule has 1 aromatic rings. The quantitative estimate of drug-likeness (QED) is 0.798. The molecule has 0 saturated carbocycles. The van der Waals surface area contributed by atoms with Crippen LogP contribution in [-0.2, 0) is 26.2 Å². The maximum Gasteiger partial charge on any atom is 0.305 e. The summed E-state index contributed by atoms with van der Waals surface area (Å²) in [5, 5.41) is 3.68. The van der Waals surface area contributed by atoms with Crippen LogP contribution in [-0.4, -0.2) is 24.4 Å². The van der Waals surface area contributed by atoms with Crippen LogP contribution in [0.25, 0.3) is 0 Å². The lowest BCUT2D eigenvalue weighted by Gasteiger charge is -2.48. The normalized spacial score (nSPS) is 31.1. The molecule has 1 aromatic carbocycles. The van der Waals surface area contributed by atoms with Crippen molar-refractivity contribution in [2.24, 2.45) is 0 Å². The highest BCUT2D eigenvalue weighted by Gasteiger charge is 2.50. The number of benzene rings is 1. The highest BCUT2D eigenvalue weighted by Crippen LogP contribution is 2.42. The monoisotopic (exact) mass is 275 g/mol. The third-order valence-corrected chi connectivity index (χ3v) is 4.26. The average molecular weight is 275 g/mol.